The third-order valence-corrected chi connectivity index (χ3v) is 3.37. The molecule has 1 aromatic carbocycles. The van der Waals surface area contributed by atoms with E-state index in [9.17, 15) is 0 Å². The van der Waals surface area contributed by atoms with E-state index in [0.717, 1.165) is 37.7 Å². The summed E-state index contributed by atoms with van der Waals surface area (Å²) in [5, 5.41) is 0. The molecule has 1 aliphatic rings. The molecule has 0 radical (unpaired) electrons. The summed E-state index contributed by atoms with van der Waals surface area (Å²) in [4.78, 5) is 3.29. The molecule has 0 N–H and O–H groups in total. The van der Waals surface area contributed by atoms with Crippen molar-refractivity contribution in [3.63, 3.8) is 0 Å². The standard InChI is InChI=1S/C13H17NOS/c1-11-4-2-3-5-12(11)10-13(16)14-6-8-15-9-7-14/h2-5H,6-10H2,1H3. The number of thiocarbonyl (C=S) groups is 1. The zero-order valence-corrected chi connectivity index (χ0v) is 10.4. The molecule has 0 aliphatic carbocycles. The third-order valence-electron chi connectivity index (χ3n) is 2.97. The Morgan fingerprint density at radius 2 is 2.00 bits per heavy atom. The fourth-order valence-electron chi connectivity index (χ4n) is 1.90. The minimum Gasteiger partial charge on any atom is -0.378 e. The summed E-state index contributed by atoms with van der Waals surface area (Å²) in [5.74, 6) is 0. The molecule has 86 valence electrons. The first-order valence-corrected chi connectivity index (χ1v) is 6.08. The highest BCUT2D eigenvalue weighted by Crippen LogP contribution is 2.11. The Kier molecular flexibility index (Phi) is 3.91. The van der Waals surface area contributed by atoms with Gasteiger partial charge in [0.15, 0.2) is 0 Å². The number of aryl methyl sites for hydroxylation is 1. The largest absolute Gasteiger partial charge is 0.378 e. The van der Waals surface area contributed by atoms with Crippen molar-refractivity contribution in [2.24, 2.45) is 0 Å². The molecular weight excluding hydrogens is 218 g/mol. The highest BCUT2D eigenvalue weighted by atomic mass is 32.1. The third kappa shape index (κ3) is 2.80. The van der Waals surface area contributed by atoms with Crippen molar-refractivity contribution in [2.45, 2.75) is 13.3 Å². The number of benzene rings is 1. The lowest BCUT2D eigenvalue weighted by Gasteiger charge is -2.29. The molecule has 3 heteroatoms. The van der Waals surface area contributed by atoms with Crippen LogP contribution >= 0.6 is 12.2 Å². The molecule has 0 saturated carbocycles. The van der Waals surface area contributed by atoms with E-state index in [1.165, 1.54) is 11.1 Å². The second kappa shape index (κ2) is 5.41. The van der Waals surface area contributed by atoms with Gasteiger partial charge in [0, 0.05) is 19.5 Å². The van der Waals surface area contributed by atoms with Gasteiger partial charge in [0.1, 0.15) is 0 Å². The van der Waals surface area contributed by atoms with E-state index in [0.29, 0.717) is 0 Å². The van der Waals surface area contributed by atoms with Crippen LogP contribution in [0.15, 0.2) is 24.3 Å². The number of ether oxygens (including phenoxy) is 1. The zero-order valence-electron chi connectivity index (χ0n) is 9.61. The number of rotatable bonds is 2. The first-order chi connectivity index (χ1) is 7.77. The number of nitrogens with zero attached hydrogens (tertiary/aromatic N) is 1. The fourth-order valence-corrected chi connectivity index (χ4v) is 2.23. The number of hydrogen-bond donors (Lipinski definition) is 0. The van der Waals surface area contributed by atoms with Crippen LogP contribution in [0.4, 0.5) is 0 Å². The van der Waals surface area contributed by atoms with Crippen LogP contribution in [0.3, 0.4) is 0 Å². The van der Waals surface area contributed by atoms with E-state index >= 15 is 0 Å². The van der Waals surface area contributed by atoms with Gasteiger partial charge in [0.05, 0.1) is 18.2 Å². The van der Waals surface area contributed by atoms with Gasteiger partial charge in [0.25, 0.3) is 0 Å². The quantitative estimate of drug-likeness (QED) is 0.729. The van der Waals surface area contributed by atoms with Crippen LogP contribution in [0, 0.1) is 6.92 Å². The predicted octanol–water partition coefficient (Wildman–Crippen LogP) is 2.20. The lowest BCUT2D eigenvalue weighted by molar-refractivity contribution is 0.0684. The maximum absolute atomic E-state index is 5.49. The Morgan fingerprint density at radius 1 is 1.31 bits per heavy atom. The molecule has 1 aliphatic heterocycles. The van der Waals surface area contributed by atoms with E-state index in [2.05, 4.69) is 36.1 Å². The highest BCUT2D eigenvalue weighted by molar-refractivity contribution is 7.80. The summed E-state index contributed by atoms with van der Waals surface area (Å²) >= 11 is 5.49. The number of hydrogen-bond acceptors (Lipinski definition) is 2. The van der Waals surface area contributed by atoms with Crippen LogP contribution in [0.2, 0.25) is 0 Å². The molecule has 16 heavy (non-hydrogen) atoms. The van der Waals surface area contributed by atoms with E-state index in [-0.39, 0.29) is 0 Å². The molecule has 1 aromatic rings. The molecule has 1 heterocycles. The second-order valence-corrected chi connectivity index (χ2v) is 4.57. The van der Waals surface area contributed by atoms with Gasteiger partial charge in [-0.25, -0.2) is 0 Å². The van der Waals surface area contributed by atoms with Crippen LogP contribution in [-0.4, -0.2) is 36.2 Å². The van der Waals surface area contributed by atoms with Crippen LogP contribution in [0.5, 0.6) is 0 Å². The monoisotopic (exact) mass is 235 g/mol. The van der Waals surface area contributed by atoms with E-state index < -0.39 is 0 Å². The van der Waals surface area contributed by atoms with E-state index in [1.807, 2.05) is 0 Å². The van der Waals surface area contributed by atoms with Crippen molar-refractivity contribution in [3.8, 4) is 0 Å². The first-order valence-electron chi connectivity index (χ1n) is 5.67. The summed E-state index contributed by atoms with van der Waals surface area (Å²) in [6, 6.07) is 8.43. The van der Waals surface area contributed by atoms with Crippen molar-refractivity contribution >= 4 is 17.2 Å². The molecule has 1 fully saturated rings. The van der Waals surface area contributed by atoms with Crippen LogP contribution in [0.25, 0.3) is 0 Å². The second-order valence-electron chi connectivity index (χ2n) is 4.10. The minimum atomic E-state index is 0.800. The SMILES string of the molecule is Cc1ccccc1CC(=S)N1CCOCC1. The van der Waals surface area contributed by atoms with Crippen LogP contribution < -0.4 is 0 Å². The van der Waals surface area contributed by atoms with Gasteiger partial charge >= 0.3 is 0 Å². The minimum absolute atomic E-state index is 0.800. The summed E-state index contributed by atoms with van der Waals surface area (Å²) < 4.78 is 5.32. The normalized spacial score (nSPS) is 16.2. The molecule has 0 unspecified atom stereocenters. The average Bonchev–Trinajstić information content (AvgIpc) is 2.33. The average molecular weight is 235 g/mol. The summed E-state index contributed by atoms with van der Waals surface area (Å²) in [6.45, 7) is 5.61. The zero-order chi connectivity index (χ0) is 11.4. The van der Waals surface area contributed by atoms with Gasteiger partial charge in [0.2, 0.25) is 0 Å². The molecule has 0 atom stereocenters. The van der Waals surface area contributed by atoms with E-state index in [4.69, 9.17) is 17.0 Å². The van der Waals surface area contributed by atoms with Crippen LogP contribution in [0.1, 0.15) is 11.1 Å². The summed E-state index contributed by atoms with van der Waals surface area (Å²) in [7, 11) is 0. The van der Waals surface area contributed by atoms with Crippen molar-refractivity contribution < 1.29 is 4.74 Å². The Morgan fingerprint density at radius 3 is 2.69 bits per heavy atom. The summed E-state index contributed by atoms with van der Waals surface area (Å²) in [6.07, 6.45) is 0.877. The fraction of sp³-hybridized carbons (Fsp3) is 0.462. The molecule has 0 amide bonds. The van der Waals surface area contributed by atoms with Gasteiger partial charge in [-0.05, 0) is 18.1 Å². The van der Waals surface area contributed by atoms with Gasteiger partial charge in [-0.3, -0.25) is 0 Å². The smallest absolute Gasteiger partial charge is 0.0825 e. The van der Waals surface area contributed by atoms with Crippen molar-refractivity contribution in [1.29, 1.82) is 0 Å². The lowest BCUT2D eigenvalue weighted by Crippen LogP contribution is -2.40. The van der Waals surface area contributed by atoms with Gasteiger partial charge in [-0.1, -0.05) is 36.5 Å². The number of morpholine rings is 1. The molecule has 0 aromatic heterocycles. The van der Waals surface area contributed by atoms with Crippen molar-refractivity contribution in [2.75, 3.05) is 26.3 Å². The van der Waals surface area contributed by atoms with Gasteiger partial charge < -0.3 is 9.64 Å². The van der Waals surface area contributed by atoms with Crippen molar-refractivity contribution in [1.82, 2.24) is 4.90 Å². The van der Waals surface area contributed by atoms with Crippen LogP contribution in [-0.2, 0) is 11.2 Å². The van der Waals surface area contributed by atoms with E-state index in [1.54, 1.807) is 0 Å². The molecule has 0 spiro atoms. The Bertz CT molecular complexity index is 372. The van der Waals surface area contributed by atoms with Crippen molar-refractivity contribution in [3.05, 3.63) is 35.4 Å². The Balaban J connectivity index is 1.99. The molecule has 0 bridgehead atoms. The maximum atomic E-state index is 5.49. The topological polar surface area (TPSA) is 12.5 Å². The van der Waals surface area contributed by atoms with Gasteiger partial charge in [-0.15, -0.1) is 0 Å². The predicted molar refractivity (Wildman–Crippen MR) is 69.9 cm³/mol. The maximum Gasteiger partial charge on any atom is 0.0825 e. The molecular formula is C13H17NOS. The Labute approximate surface area is 102 Å². The molecule has 1 saturated heterocycles. The van der Waals surface area contributed by atoms with Gasteiger partial charge in [-0.2, -0.15) is 0 Å². The lowest BCUT2D eigenvalue weighted by atomic mass is 10.1. The highest BCUT2D eigenvalue weighted by Gasteiger charge is 2.14. The molecule has 2 nitrogen and oxygen atoms in total. The Hall–Kier alpha value is -0.930. The first kappa shape index (κ1) is 11.6. The summed E-state index contributed by atoms with van der Waals surface area (Å²) in [5.41, 5.74) is 2.65. The molecule has 2 rings (SSSR count).